The van der Waals surface area contributed by atoms with Crippen LogP contribution in [0.15, 0.2) is 18.2 Å². The topological polar surface area (TPSA) is 70.2 Å². The maximum absolute atomic E-state index is 11.0. The van der Waals surface area contributed by atoms with E-state index in [-0.39, 0.29) is 17.3 Å². The van der Waals surface area contributed by atoms with E-state index in [1.54, 1.807) is 6.07 Å². The fourth-order valence-electron chi connectivity index (χ4n) is 1.95. The Hall–Kier alpha value is -2.09. The van der Waals surface area contributed by atoms with Gasteiger partial charge in [0.15, 0.2) is 0 Å². The lowest BCUT2D eigenvalue weighted by Gasteiger charge is -2.30. The molecular formula is C14H19N3O2. The van der Waals surface area contributed by atoms with Crippen LogP contribution in [-0.4, -0.2) is 17.5 Å². The number of hydrogen-bond donors (Lipinski definition) is 0. The molecular weight excluding hydrogens is 242 g/mol. The molecule has 0 aliphatic rings. The number of rotatable bonds is 5. The second-order valence-corrected chi connectivity index (χ2v) is 5.21. The van der Waals surface area contributed by atoms with Gasteiger partial charge in [0.2, 0.25) is 0 Å². The third-order valence-electron chi connectivity index (χ3n) is 2.82. The summed E-state index contributed by atoms with van der Waals surface area (Å²) in [5.41, 5.74) is 0.755. The zero-order valence-corrected chi connectivity index (χ0v) is 11.8. The fourth-order valence-corrected chi connectivity index (χ4v) is 1.95. The molecule has 0 heterocycles. The number of nitro benzene ring substituents is 1. The minimum Gasteiger partial charge on any atom is -0.369 e. The van der Waals surface area contributed by atoms with Crippen molar-refractivity contribution >= 4 is 11.4 Å². The predicted molar refractivity (Wildman–Crippen MR) is 75.1 cm³/mol. The number of hydrogen-bond acceptors (Lipinski definition) is 4. The largest absolute Gasteiger partial charge is 0.369 e. The molecule has 0 fully saturated rings. The molecule has 0 atom stereocenters. The summed E-state index contributed by atoms with van der Waals surface area (Å²) < 4.78 is 0. The Kier molecular flexibility index (Phi) is 4.87. The van der Waals surface area contributed by atoms with E-state index in [1.807, 2.05) is 19.9 Å². The minimum atomic E-state index is -0.504. The molecule has 1 aromatic rings. The van der Waals surface area contributed by atoms with Gasteiger partial charge < -0.3 is 4.90 Å². The smallest absolute Gasteiger partial charge is 0.289 e. The van der Waals surface area contributed by atoms with Crippen LogP contribution in [0.4, 0.5) is 11.4 Å². The van der Waals surface area contributed by atoms with Gasteiger partial charge in [-0.25, -0.2) is 0 Å². The normalized spacial score (nSPS) is 10.6. The van der Waals surface area contributed by atoms with Gasteiger partial charge in [-0.1, -0.05) is 13.8 Å². The van der Waals surface area contributed by atoms with Crippen LogP contribution < -0.4 is 4.90 Å². The lowest BCUT2D eigenvalue weighted by Crippen LogP contribution is -2.34. The Bertz CT molecular complexity index is 504. The van der Waals surface area contributed by atoms with Crippen LogP contribution in [0.5, 0.6) is 0 Å². The maximum atomic E-state index is 11.0. The highest BCUT2D eigenvalue weighted by atomic mass is 16.6. The van der Waals surface area contributed by atoms with E-state index in [9.17, 15) is 10.1 Å². The average Bonchev–Trinajstić information content (AvgIpc) is 2.34. The highest BCUT2D eigenvalue weighted by molar-refractivity contribution is 5.60. The van der Waals surface area contributed by atoms with Crippen molar-refractivity contribution in [2.75, 3.05) is 11.4 Å². The summed E-state index contributed by atoms with van der Waals surface area (Å²) in [5, 5.41) is 19.9. The molecule has 19 heavy (non-hydrogen) atoms. The Morgan fingerprint density at radius 2 is 2.00 bits per heavy atom. The highest BCUT2D eigenvalue weighted by Crippen LogP contribution is 2.27. The lowest BCUT2D eigenvalue weighted by molar-refractivity contribution is -0.385. The van der Waals surface area contributed by atoms with Gasteiger partial charge in [0, 0.05) is 24.3 Å². The summed E-state index contributed by atoms with van der Waals surface area (Å²) in [6.45, 7) is 9.13. The van der Waals surface area contributed by atoms with Crippen molar-refractivity contribution in [2.45, 2.75) is 33.7 Å². The quantitative estimate of drug-likeness (QED) is 0.602. The number of anilines is 1. The first-order chi connectivity index (χ1) is 8.86. The van der Waals surface area contributed by atoms with Crippen molar-refractivity contribution in [3.63, 3.8) is 0 Å². The van der Waals surface area contributed by atoms with Crippen LogP contribution >= 0.6 is 0 Å². The van der Waals surface area contributed by atoms with Crippen LogP contribution in [0.3, 0.4) is 0 Å². The zero-order valence-electron chi connectivity index (χ0n) is 11.8. The summed E-state index contributed by atoms with van der Waals surface area (Å²) >= 11 is 0. The average molecular weight is 261 g/mol. The second kappa shape index (κ2) is 6.19. The second-order valence-electron chi connectivity index (χ2n) is 5.21. The highest BCUT2D eigenvalue weighted by Gasteiger charge is 2.19. The summed E-state index contributed by atoms with van der Waals surface area (Å²) in [4.78, 5) is 12.6. The molecule has 102 valence electrons. The zero-order chi connectivity index (χ0) is 14.6. The summed E-state index contributed by atoms with van der Waals surface area (Å²) in [7, 11) is 0. The van der Waals surface area contributed by atoms with Gasteiger partial charge in [-0.05, 0) is 31.9 Å². The molecule has 0 saturated carbocycles. The molecule has 0 aromatic heterocycles. The first-order valence-electron chi connectivity index (χ1n) is 6.32. The molecule has 0 amide bonds. The molecule has 0 aliphatic heterocycles. The van der Waals surface area contributed by atoms with E-state index in [2.05, 4.69) is 18.7 Å². The van der Waals surface area contributed by atoms with E-state index in [4.69, 9.17) is 5.26 Å². The van der Waals surface area contributed by atoms with Gasteiger partial charge in [0.05, 0.1) is 4.92 Å². The third-order valence-corrected chi connectivity index (χ3v) is 2.82. The molecule has 0 unspecified atom stereocenters. The van der Waals surface area contributed by atoms with Gasteiger partial charge in [0.1, 0.15) is 11.6 Å². The molecule has 5 nitrogen and oxygen atoms in total. The van der Waals surface area contributed by atoms with E-state index in [1.165, 1.54) is 12.1 Å². The van der Waals surface area contributed by atoms with Crippen molar-refractivity contribution in [3.05, 3.63) is 33.9 Å². The van der Waals surface area contributed by atoms with Crippen LogP contribution in [-0.2, 0) is 0 Å². The monoisotopic (exact) mass is 261 g/mol. The molecule has 0 bridgehead atoms. The molecule has 0 aliphatic carbocycles. The van der Waals surface area contributed by atoms with Gasteiger partial charge in [-0.15, -0.1) is 0 Å². The van der Waals surface area contributed by atoms with Crippen molar-refractivity contribution < 1.29 is 4.92 Å². The minimum absolute atomic E-state index is 0.0991. The van der Waals surface area contributed by atoms with Crippen LogP contribution in [0, 0.1) is 27.4 Å². The molecule has 0 saturated heterocycles. The van der Waals surface area contributed by atoms with E-state index < -0.39 is 4.92 Å². The van der Waals surface area contributed by atoms with Crippen molar-refractivity contribution in [3.8, 4) is 6.07 Å². The molecule has 0 radical (unpaired) electrons. The Morgan fingerprint density at radius 1 is 1.37 bits per heavy atom. The Morgan fingerprint density at radius 3 is 2.42 bits per heavy atom. The van der Waals surface area contributed by atoms with Crippen LogP contribution in [0.25, 0.3) is 0 Å². The standard InChI is InChI=1S/C14H19N3O2/c1-10(2)9-16(11(3)4)13-6-5-12(8-15)14(7-13)17(18)19/h5-7,10-11H,9H2,1-4H3. The van der Waals surface area contributed by atoms with Crippen molar-refractivity contribution in [1.29, 1.82) is 5.26 Å². The number of nitro groups is 1. The summed E-state index contributed by atoms with van der Waals surface area (Å²) in [5.74, 6) is 0.456. The predicted octanol–water partition coefficient (Wildman–Crippen LogP) is 3.34. The van der Waals surface area contributed by atoms with Gasteiger partial charge >= 0.3 is 0 Å². The SMILES string of the molecule is CC(C)CN(c1ccc(C#N)c([N+](=O)[O-])c1)C(C)C. The summed E-state index contributed by atoms with van der Waals surface area (Å²) in [6.07, 6.45) is 0. The van der Waals surface area contributed by atoms with E-state index >= 15 is 0 Å². The van der Waals surface area contributed by atoms with Crippen LogP contribution in [0.1, 0.15) is 33.3 Å². The first kappa shape index (κ1) is 15.0. The lowest BCUT2D eigenvalue weighted by atomic mass is 10.1. The Labute approximate surface area is 113 Å². The van der Waals surface area contributed by atoms with E-state index in [0.29, 0.717) is 5.92 Å². The van der Waals surface area contributed by atoms with Gasteiger partial charge in [-0.2, -0.15) is 5.26 Å². The molecule has 0 spiro atoms. The molecule has 1 aromatic carbocycles. The number of nitriles is 1. The number of benzene rings is 1. The van der Waals surface area contributed by atoms with Crippen molar-refractivity contribution in [1.82, 2.24) is 0 Å². The fraction of sp³-hybridized carbons (Fsp3) is 0.500. The van der Waals surface area contributed by atoms with Crippen LogP contribution in [0.2, 0.25) is 0 Å². The van der Waals surface area contributed by atoms with Gasteiger partial charge in [-0.3, -0.25) is 10.1 Å². The van der Waals surface area contributed by atoms with Crippen molar-refractivity contribution in [2.24, 2.45) is 5.92 Å². The summed E-state index contributed by atoms with van der Waals surface area (Å²) in [6, 6.07) is 6.87. The van der Waals surface area contributed by atoms with E-state index in [0.717, 1.165) is 12.2 Å². The first-order valence-corrected chi connectivity index (χ1v) is 6.32. The maximum Gasteiger partial charge on any atom is 0.289 e. The molecule has 1 rings (SSSR count). The number of nitrogens with zero attached hydrogens (tertiary/aromatic N) is 3. The van der Waals surface area contributed by atoms with Gasteiger partial charge in [0.25, 0.3) is 5.69 Å². The third kappa shape index (κ3) is 3.68. The molecule has 5 heteroatoms. The Balaban J connectivity index is 3.22. The molecule has 0 N–H and O–H groups in total.